The lowest BCUT2D eigenvalue weighted by Gasteiger charge is -2.33. The van der Waals surface area contributed by atoms with Crippen LogP contribution in [0.5, 0.6) is 0 Å². The highest BCUT2D eigenvalue weighted by Gasteiger charge is 2.30. The summed E-state index contributed by atoms with van der Waals surface area (Å²) >= 11 is 0. The molecule has 0 bridgehead atoms. The first-order valence-electron chi connectivity index (χ1n) is 7.09. The summed E-state index contributed by atoms with van der Waals surface area (Å²) in [6.45, 7) is 6.53. The second-order valence-corrected chi connectivity index (χ2v) is 5.08. The predicted octanol–water partition coefficient (Wildman–Crippen LogP) is 3.82. The van der Waals surface area contributed by atoms with Gasteiger partial charge in [-0.15, -0.1) is 0 Å². The van der Waals surface area contributed by atoms with Gasteiger partial charge in [0.1, 0.15) is 5.72 Å². The highest BCUT2D eigenvalue weighted by Crippen LogP contribution is 2.28. The molecule has 0 spiro atoms. The first kappa shape index (κ1) is 15.9. The molecular formula is C14H31NO. The van der Waals surface area contributed by atoms with Gasteiger partial charge < -0.3 is 10.8 Å². The summed E-state index contributed by atoms with van der Waals surface area (Å²) in [5, 5.41) is 10.3. The van der Waals surface area contributed by atoms with E-state index in [4.69, 9.17) is 5.73 Å². The topological polar surface area (TPSA) is 46.2 Å². The molecule has 0 saturated heterocycles. The van der Waals surface area contributed by atoms with Gasteiger partial charge in [-0.1, -0.05) is 52.9 Å². The second kappa shape index (κ2) is 9.00. The van der Waals surface area contributed by atoms with Gasteiger partial charge in [-0.3, -0.25) is 0 Å². The summed E-state index contributed by atoms with van der Waals surface area (Å²) in [6.07, 6.45) is 9.77. The van der Waals surface area contributed by atoms with Crippen LogP contribution in [0, 0.1) is 5.92 Å². The molecule has 16 heavy (non-hydrogen) atoms. The molecule has 0 saturated carbocycles. The van der Waals surface area contributed by atoms with Crippen molar-refractivity contribution < 1.29 is 5.11 Å². The second-order valence-electron chi connectivity index (χ2n) is 5.08. The molecule has 0 aliphatic carbocycles. The molecule has 0 amide bonds. The molecule has 1 unspecified atom stereocenters. The van der Waals surface area contributed by atoms with Crippen LogP contribution in [-0.4, -0.2) is 10.8 Å². The summed E-state index contributed by atoms with van der Waals surface area (Å²) in [5.74, 6) is 0.291. The molecule has 0 fully saturated rings. The summed E-state index contributed by atoms with van der Waals surface area (Å²) in [5.41, 5.74) is 5.15. The Bertz CT molecular complexity index is 149. The lowest BCUT2D eigenvalue weighted by molar-refractivity contribution is -0.0307. The van der Waals surface area contributed by atoms with Crippen molar-refractivity contribution in [3.8, 4) is 0 Å². The number of hydrogen-bond donors (Lipinski definition) is 2. The maximum absolute atomic E-state index is 10.3. The van der Waals surface area contributed by atoms with E-state index in [9.17, 15) is 5.11 Å². The minimum Gasteiger partial charge on any atom is -0.376 e. The molecule has 0 aromatic carbocycles. The van der Waals surface area contributed by atoms with E-state index in [1.165, 1.54) is 25.7 Å². The van der Waals surface area contributed by atoms with Gasteiger partial charge in [0.2, 0.25) is 0 Å². The fourth-order valence-corrected chi connectivity index (χ4v) is 2.21. The van der Waals surface area contributed by atoms with Crippen molar-refractivity contribution in [1.29, 1.82) is 0 Å². The molecule has 98 valence electrons. The zero-order chi connectivity index (χ0) is 12.4. The zero-order valence-corrected chi connectivity index (χ0v) is 11.5. The molecule has 0 aromatic heterocycles. The average Bonchev–Trinajstić information content (AvgIpc) is 2.26. The summed E-state index contributed by atoms with van der Waals surface area (Å²) in [6, 6.07) is 0. The summed E-state index contributed by atoms with van der Waals surface area (Å²) < 4.78 is 0. The Hall–Kier alpha value is -0.0800. The standard InChI is InChI=1S/C14H31NO/c1-4-7-10-13(11-8-5-2)14(15,16)12-9-6-3/h13,16H,4-12,15H2,1-3H3. The zero-order valence-electron chi connectivity index (χ0n) is 11.5. The van der Waals surface area contributed by atoms with Crippen LogP contribution < -0.4 is 5.73 Å². The SMILES string of the molecule is CCCCC(CCCC)C(N)(O)CCCC. The molecular weight excluding hydrogens is 198 g/mol. The fraction of sp³-hybridized carbons (Fsp3) is 1.00. The number of aliphatic hydroxyl groups is 1. The molecule has 0 heterocycles. The first-order chi connectivity index (χ1) is 7.58. The largest absolute Gasteiger partial charge is 0.376 e. The Labute approximate surface area is 102 Å². The first-order valence-corrected chi connectivity index (χ1v) is 7.09. The van der Waals surface area contributed by atoms with Crippen LogP contribution in [-0.2, 0) is 0 Å². The van der Waals surface area contributed by atoms with Crippen LogP contribution in [0.25, 0.3) is 0 Å². The smallest absolute Gasteiger partial charge is 0.116 e. The van der Waals surface area contributed by atoms with Crippen molar-refractivity contribution >= 4 is 0 Å². The minimum atomic E-state index is -0.930. The molecule has 0 aliphatic rings. The van der Waals surface area contributed by atoms with E-state index in [1.807, 2.05) is 0 Å². The Morgan fingerprint density at radius 3 is 1.75 bits per heavy atom. The number of unbranched alkanes of at least 4 members (excludes halogenated alkanes) is 3. The molecule has 0 radical (unpaired) electrons. The quantitative estimate of drug-likeness (QED) is 0.559. The summed E-state index contributed by atoms with van der Waals surface area (Å²) in [4.78, 5) is 0. The third-order valence-electron chi connectivity index (χ3n) is 3.45. The van der Waals surface area contributed by atoms with Crippen molar-refractivity contribution in [2.75, 3.05) is 0 Å². The predicted molar refractivity (Wildman–Crippen MR) is 71.2 cm³/mol. The van der Waals surface area contributed by atoms with Crippen molar-refractivity contribution in [2.45, 2.75) is 84.3 Å². The van der Waals surface area contributed by atoms with Gasteiger partial charge in [0.15, 0.2) is 0 Å². The molecule has 2 nitrogen and oxygen atoms in total. The van der Waals surface area contributed by atoms with Gasteiger partial charge in [-0.25, -0.2) is 0 Å². The molecule has 0 aliphatic heterocycles. The monoisotopic (exact) mass is 229 g/mol. The van der Waals surface area contributed by atoms with Crippen molar-refractivity contribution in [1.82, 2.24) is 0 Å². The Morgan fingerprint density at radius 1 is 0.938 bits per heavy atom. The maximum atomic E-state index is 10.3. The van der Waals surface area contributed by atoms with E-state index in [-0.39, 0.29) is 0 Å². The van der Waals surface area contributed by atoms with Crippen molar-refractivity contribution in [2.24, 2.45) is 11.7 Å². The van der Waals surface area contributed by atoms with Crippen molar-refractivity contribution in [3.05, 3.63) is 0 Å². The van der Waals surface area contributed by atoms with E-state index < -0.39 is 5.72 Å². The van der Waals surface area contributed by atoms with Crippen LogP contribution in [0.3, 0.4) is 0 Å². The Morgan fingerprint density at radius 2 is 1.38 bits per heavy atom. The lowest BCUT2D eigenvalue weighted by atomic mass is 9.84. The molecule has 2 heteroatoms. The highest BCUT2D eigenvalue weighted by molar-refractivity contribution is 4.80. The molecule has 0 aromatic rings. The van der Waals surface area contributed by atoms with Crippen LogP contribution in [0.2, 0.25) is 0 Å². The van der Waals surface area contributed by atoms with Crippen molar-refractivity contribution in [3.63, 3.8) is 0 Å². The van der Waals surface area contributed by atoms with Gasteiger partial charge in [0, 0.05) is 5.92 Å². The van der Waals surface area contributed by atoms with Gasteiger partial charge in [-0.2, -0.15) is 0 Å². The van der Waals surface area contributed by atoms with E-state index in [0.29, 0.717) is 5.92 Å². The van der Waals surface area contributed by atoms with E-state index >= 15 is 0 Å². The van der Waals surface area contributed by atoms with Crippen LogP contribution in [0.15, 0.2) is 0 Å². The number of nitrogens with two attached hydrogens (primary N) is 1. The van der Waals surface area contributed by atoms with Gasteiger partial charge in [0.25, 0.3) is 0 Å². The van der Waals surface area contributed by atoms with Gasteiger partial charge >= 0.3 is 0 Å². The molecule has 0 rings (SSSR count). The minimum absolute atomic E-state index is 0.291. The summed E-state index contributed by atoms with van der Waals surface area (Å²) in [7, 11) is 0. The Balaban J connectivity index is 4.20. The molecule has 3 N–H and O–H groups in total. The van der Waals surface area contributed by atoms with E-state index in [1.54, 1.807) is 0 Å². The van der Waals surface area contributed by atoms with Crippen LogP contribution >= 0.6 is 0 Å². The van der Waals surface area contributed by atoms with Gasteiger partial charge in [-0.05, 0) is 25.7 Å². The number of hydrogen-bond acceptors (Lipinski definition) is 2. The average molecular weight is 229 g/mol. The van der Waals surface area contributed by atoms with Gasteiger partial charge in [0.05, 0.1) is 0 Å². The Kier molecular flexibility index (Phi) is 8.96. The van der Waals surface area contributed by atoms with Crippen LogP contribution in [0.1, 0.15) is 78.6 Å². The highest BCUT2D eigenvalue weighted by atomic mass is 16.3. The third-order valence-corrected chi connectivity index (χ3v) is 3.45. The normalized spacial score (nSPS) is 15.4. The van der Waals surface area contributed by atoms with Crippen LogP contribution in [0.4, 0.5) is 0 Å². The number of rotatable bonds is 10. The molecule has 1 atom stereocenters. The van der Waals surface area contributed by atoms with E-state index in [2.05, 4.69) is 20.8 Å². The van der Waals surface area contributed by atoms with E-state index in [0.717, 1.165) is 32.1 Å². The third kappa shape index (κ3) is 6.49. The maximum Gasteiger partial charge on any atom is 0.116 e. The lowest BCUT2D eigenvalue weighted by Crippen LogP contribution is -2.47. The fourth-order valence-electron chi connectivity index (χ4n) is 2.21.